The average Bonchev–Trinajstić information content (AvgIpc) is 2.74. The van der Waals surface area contributed by atoms with Crippen LogP contribution in [0.3, 0.4) is 0 Å². The molecule has 0 bridgehead atoms. The minimum Gasteiger partial charge on any atom is -0.306 e. The van der Waals surface area contributed by atoms with Crippen LogP contribution >= 0.6 is 43.2 Å². The van der Waals surface area contributed by atoms with Gasteiger partial charge in [0, 0.05) is 18.7 Å². The van der Waals surface area contributed by atoms with Gasteiger partial charge in [-0.05, 0) is 59.9 Å². The molecule has 0 fully saturated rings. The van der Waals surface area contributed by atoms with Gasteiger partial charge in [-0.15, -0.1) is 11.3 Å². The average molecular weight is 417 g/mol. The third-order valence-corrected chi connectivity index (χ3v) is 6.58. The molecule has 0 amide bonds. The molecule has 0 spiro atoms. The number of halogens is 2. The summed E-state index contributed by atoms with van der Waals surface area (Å²) in [7, 11) is 0. The summed E-state index contributed by atoms with van der Waals surface area (Å²) in [6.45, 7) is 7.50. The largest absolute Gasteiger partial charge is 0.306 e. The molecule has 0 aliphatic carbocycles. The van der Waals surface area contributed by atoms with Crippen molar-refractivity contribution in [1.29, 1.82) is 0 Å². The van der Waals surface area contributed by atoms with Gasteiger partial charge in [-0.1, -0.05) is 41.1 Å². The van der Waals surface area contributed by atoms with Gasteiger partial charge in [-0.2, -0.15) is 0 Å². The Kier molecular flexibility index (Phi) is 5.84. The Bertz CT molecular complexity index is 573. The van der Waals surface area contributed by atoms with Crippen LogP contribution in [0.1, 0.15) is 40.3 Å². The first-order valence-corrected chi connectivity index (χ1v) is 9.19. The number of rotatable bonds is 5. The molecule has 108 valence electrons. The number of nitrogens with one attached hydrogen (secondary N) is 1. The van der Waals surface area contributed by atoms with Crippen molar-refractivity contribution in [1.82, 2.24) is 5.32 Å². The van der Waals surface area contributed by atoms with E-state index in [2.05, 4.69) is 82.2 Å². The van der Waals surface area contributed by atoms with E-state index in [-0.39, 0.29) is 6.04 Å². The molecule has 0 radical (unpaired) electrons. The quantitative estimate of drug-likeness (QED) is 0.632. The Morgan fingerprint density at radius 1 is 1.25 bits per heavy atom. The van der Waals surface area contributed by atoms with Gasteiger partial charge in [0.25, 0.3) is 0 Å². The maximum absolute atomic E-state index is 3.75. The Balaban J connectivity index is 2.44. The van der Waals surface area contributed by atoms with Crippen LogP contribution in [0.25, 0.3) is 0 Å². The second-order valence-corrected chi connectivity index (χ2v) is 7.85. The summed E-state index contributed by atoms with van der Waals surface area (Å²) in [6.07, 6.45) is 1.13. The molecule has 2 rings (SSSR count). The highest BCUT2D eigenvalue weighted by atomic mass is 79.9. The highest BCUT2D eigenvalue weighted by Crippen LogP contribution is 2.37. The molecule has 1 heterocycles. The van der Waals surface area contributed by atoms with Crippen molar-refractivity contribution < 1.29 is 0 Å². The molecule has 1 N–H and O–H groups in total. The van der Waals surface area contributed by atoms with Crippen LogP contribution in [0.5, 0.6) is 0 Å². The maximum atomic E-state index is 3.75. The van der Waals surface area contributed by atoms with Crippen LogP contribution in [0.4, 0.5) is 0 Å². The molecule has 1 nitrogen and oxygen atoms in total. The monoisotopic (exact) mass is 415 g/mol. The second-order valence-electron chi connectivity index (χ2n) is 4.92. The number of hydrogen-bond acceptors (Lipinski definition) is 2. The summed E-state index contributed by atoms with van der Waals surface area (Å²) in [5.74, 6) is 0. The summed E-state index contributed by atoms with van der Waals surface area (Å²) < 4.78 is 2.40. The molecular weight excluding hydrogens is 398 g/mol. The molecule has 4 heteroatoms. The minimum absolute atomic E-state index is 0.249. The SMILES string of the molecule is CCCNC(c1cc(Br)c(C)s1)c1cccc(C)c1Br. The van der Waals surface area contributed by atoms with Crippen LogP contribution < -0.4 is 5.32 Å². The highest BCUT2D eigenvalue weighted by molar-refractivity contribution is 9.10. The van der Waals surface area contributed by atoms with E-state index >= 15 is 0 Å². The van der Waals surface area contributed by atoms with E-state index in [4.69, 9.17) is 0 Å². The van der Waals surface area contributed by atoms with Crippen molar-refractivity contribution in [3.8, 4) is 0 Å². The molecule has 0 aliphatic rings. The summed E-state index contributed by atoms with van der Waals surface area (Å²) in [5.41, 5.74) is 2.59. The fourth-order valence-electron chi connectivity index (χ4n) is 2.17. The van der Waals surface area contributed by atoms with Gasteiger partial charge in [-0.3, -0.25) is 0 Å². The molecule has 0 saturated carbocycles. The predicted molar refractivity (Wildman–Crippen MR) is 95.8 cm³/mol. The predicted octanol–water partition coefficient (Wildman–Crippen LogP) is 5.98. The number of thiophene rings is 1. The van der Waals surface area contributed by atoms with Crippen molar-refractivity contribution in [2.75, 3.05) is 6.54 Å². The lowest BCUT2D eigenvalue weighted by Crippen LogP contribution is -2.22. The fraction of sp³-hybridized carbons (Fsp3) is 0.375. The summed E-state index contributed by atoms with van der Waals surface area (Å²) in [4.78, 5) is 2.68. The van der Waals surface area contributed by atoms with Crippen LogP contribution in [0.15, 0.2) is 33.2 Å². The second kappa shape index (κ2) is 7.21. The zero-order chi connectivity index (χ0) is 14.7. The number of benzene rings is 1. The van der Waals surface area contributed by atoms with Gasteiger partial charge in [0.1, 0.15) is 0 Å². The fourth-order valence-corrected chi connectivity index (χ4v) is 4.32. The van der Waals surface area contributed by atoms with Gasteiger partial charge < -0.3 is 5.32 Å². The van der Waals surface area contributed by atoms with E-state index in [1.54, 1.807) is 0 Å². The smallest absolute Gasteiger partial charge is 0.0682 e. The third-order valence-electron chi connectivity index (χ3n) is 3.29. The molecule has 1 unspecified atom stereocenters. The molecule has 0 aliphatic heterocycles. The number of hydrogen-bond donors (Lipinski definition) is 1. The van der Waals surface area contributed by atoms with Gasteiger partial charge in [0.15, 0.2) is 0 Å². The van der Waals surface area contributed by atoms with Gasteiger partial charge in [0.2, 0.25) is 0 Å². The molecule has 20 heavy (non-hydrogen) atoms. The first kappa shape index (κ1) is 16.2. The lowest BCUT2D eigenvalue weighted by Gasteiger charge is -2.20. The summed E-state index contributed by atoms with van der Waals surface area (Å²) in [5, 5.41) is 3.67. The minimum atomic E-state index is 0.249. The van der Waals surface area contributed by atoms with Crippen LogP contribution in [-0.2, 0) is 0 Å². The van der Waals surface area contributed by atoms with E-state index in [0.29, 0.717) is 0 Å². The third kappa shape index (κ3) is 3.53. The van der Waals surface area contributed by atoms with E-state index in [9.17, 15) is 0 Å². The van der Waals surface area contributed by atoms with E-state index in [1.807, 2.05) is 11.3 Å². The number of aryl methyl sites for hydroxylation is 2. The highest BCUT2D eigenvalue weighted by Gasteiger charge is 2.19. The first-order valence-electron chi connectivity index (χ1n) is 6.78. The molecule has 0 saturated heterocycles. The Morgan fingerprint density at radius 3 is 2.60 bits per heavy atom. The topological polar surface area (TPSA) is 12.0 Å². The maximum Gasteiger partial charge on any atom is 0.0682 e. The Hall–Kier alpha value is -0.160. The van der Waals surface area contributed by atoms with Crippen molar-refractivity contribution >= 4 is 43.2 Å². The van der Waals surface area contributed by atoms with Crippen molar-refractivity contribution in [2.24, 2.45) is 0 Å². The Morgan fingerprint density at radius 2 is 2.00 bits per heavy atom. The lowest BCUT2D eigenvalue weighted by molar-refractivity contribution is 0.603. The molecule has 1 aromatic heterocycles. The normalized spacial score (nSPS) is 12.7. The van der Waals surface area contributed by atoms with Crippen molar-refractivity contribution in [3.05, 3.63) is 54.1 Å². The zero-order valence-electron chi connectivity index (χ0n) is 12.0. The first-order chi connectivity index (χ1) is 9.54. The van der Waals surface area contributed by atoms with Crippen molar-refractivity contribution in [2.45, 2.75) is 33.2 Å². The molecule has 2 aromatic rings. The van der Waals surface area contributed by atoms with Gasteiger partial charge in [0.05, 0.1) is 6.04 Å². The Labute approximate surface area is 142 Å². The van der Waals surface area contributed by atoms with E-state index in [1.165, 1.54) is 29.8 Å². The van der Waals surface area contributed by atoms with Gasteiger partial charge >= 0.3 is 0 Å². The van der Waals surface area contributed by atoms with Crippen LogP contribution in [0, 0.1) is 13.8 Å². The standard InChI is InChI=1S/C16H19Br2NS/c1-4-8-19-16(14-9-13(17)11(3)20-14)12-7-5-6-10(2)15(12)18/h5-7,9,16,19H,4,8H2,1-3H3. The van der Waals surface area contributed by atoms with Crippen molar-refractivity contribution in [3.63, 3.8) is 0 Å². The lowest BCUT2D eigenvalue weighted by atomic mass is 10.0. The summed E-state index contributed by atoms with van der Waals surface area (Å²) in [6, 6.07) is 8.96. The van der Waals surface area contributed by atoms with Crippen LogP contribution in [-0.4, -0.2) is 6.54 Å². The summed E-state index contributed by atoms with van der Waals surface area (Å²) >= 11 is 9.23. The zero-order valence-corrected chi connectivity index (χ0v) is 16.0. The van der Waals surface area contributed by atoms with Gasteiger partial charge in [-0.25, -0.2) is 0 Å². The van der Waals surface area contributed by atoms with E-state index < -0.39 is 0 Å². The molecule has 1 aromatic carbocycles. The van der Waals surface area contributed by atoms with E-state index in [0.717, 1.165) is 13.0 Å². The van der Waals surface area contributed by atoms with Crippen LogP contribution in [0.2, 0.25) is 0 Å². The molecule has 1 atom stereocenters. The molecular formula is C16H19Br2NS.